The van der Waals surface area contributed by atoms with Crippen molar-refractivity contribution in [1.29, 1.82) is 0 Å². The maximum Gasteiger partial charge on any atom is 0.317 e. The van der Waals surface area contributed by atoms with Crippen molar-refractivity contribution in [3.05, 3.63) is 23.8 Å². The van der Waals surface area contributed by atoms with E-state index in [-0.39, 0.29) is 11.4 Å². The molecule has 0 bridgehead atoms. The number of hydrogen-bond donors (Lipinski definition) is 1. The Morgan fingerprint density at radius 1 is 1.08 bits per heavy atom. The van der Waals surface area contributed by atoms with Crippen LogP contribution in [0.1, 0.15) is 51.5 Å². The zero-order valence-corrected chi connectivity index (χ0v) is 16.1. The summed E-state index contributed by atoms with van der Waals surface area (Å²) < 4.78 is 10.9. The van der Waals surface area contributed by atoms with E-state index >= 15 is 0 Å². The number of hydrogen-bond acceptors (Lipinski definition) is 3. The summed E-state index contributed by atoms with van der Waals surface area (Å²) in [6.45, 7) is 6.14. The number of nitrogens with zero attached hydrogens (tertiary/aromatic N) is 1. The van der Waals surface area contributed by atoms with Gasteiger partial charge in [-0.3, -0.25) is 0 Å². The Hall–Kier alpha value is -1.91. The van der Waals surface area contributed by atoms with Crippen LogP contribution in [0.25, 0.3) is 0 Å². The van der Waals surface area contributed by atoms with Crippen molar-refractivity contribution in [2.45, 2.75) is 51.4 Å². The second kappa shape index (κ2) is 8.97. The second-order valence-corrected chi connectivity index (χ2v) is 6.74. The first-order chi connectivity index (χ1) is 12.1. The van der Waals surface area contributed by atoms with Crippen LogP contribution >= 0.6 is 0 Å². The predicted octanol–water partition coefficient (Wildman–Crippen LogP) is 3.96. The second-order valence-electron chi connectivity index (χ2n) is 6.74. The van der Waals surface area contributed by atoms with Crippen molar-refractivity contribution in [2.75, 3.05) is 33.9 Å². The van der Waals surface area contributed by atoms with Crippen LogP contribution in [0.15, 0.2) is 18.2 Å². The molecule has 0 saturated heterocycles. The van der Waals surface area contributed by atoms with E-state index in [1.54, 1.807) is 14.2 Å². The third-order valence-electron chi connectivity index (χ3n) is 5.44. The lowest BCUT2D eigenvalue weighted by molar-refractivity contribution is 0.195. The largest absolute Gasteiger partial charge is 0.493 e. The number of carbonyl (C=O) groups excluding carboxylic acids is 1. The summed E-state index contributed by atoms with van der Waals surface area (Å²) in [7, 11) is 3.32. The van der Waals surface area contributed by atoms with Crippen molar-refractivity contribution in [2.24, 2.45) is 0 Å². The number of benzene rings is 1. The van der Waals surface area contributed by atoms with Crippen LogP contribution in [0.3, 0.4) is 0 Å². The molecule has 1 N–H and O–H groups in total. The highest BCUT2D eigenvalue weighted by atomic mass is 16.5. The molecule has 0 radical (unpaired) electrons. The zero-order valence-electron chi connectivity index (χ0n) is 16.1. The number of methoxy groups -OCH3 is 2. The van der Waals surface area contributed by atoms with Crippen molar-refractivity contribution < 1.29 is 14.3 Å². The van der Waals surface area contributed by atoms with Gasteiger partial charge in [-0.2, -0.15) is 0 Å². The third-order valence-corrected chi connectivity index (χ3v) is 5.44. The molecule has 140 valence electrons. The monoisotopic (exact) mass is 348 g/mol. The summed E-state index contributed by atoms with van der Waals surface area (Å²) >= 11 is 0. The van der Waals surface area contributed by atoms with Crippen molar-refractivity contribution in [3.63, 3.8) is 0 Å². The third kappa shape index (κ3) is 4.39. The van der Waals surface area contributed by atoms with E-state index in [0.717, 1.165) is 37.4 Å². The van der Waals surface area contributed by atoms with Gasteiger partial charge >= 0.3 is 6.03 Å². The number of rotatable bonds is 7. The summed E-state index contributed by atoms with van der Waals surface area (Å²) in [6, 6.07) is 6.19. The minimum Gasteiger partial charge on any atom is -0.493 e. The van der Waals surface area contributed by atoms with Gasteiger partial charge in [-0.15, -0.1) is 0 Å². The van der Waals surface area contributed by atoms with Gasteiger partial charge in [0.2, 0.25) is 0 Å². The van der Waals surface area contributed by atoms with Crippen LogP contribution in [0.5, 0.6) is 11.5 Å². The van der Waals surface area contributed by atoms with Gasteiger partial charge in [-0.25, -0.2) is 4.79 Å². The molecular formula is C20H32N2O3. The predicted molar refractivity (Wildman–Crippen MR) is 101 cm³/mol. The molecule has 25 heavy (non-hydrogen) atoms. The van der Waals surface area contributed by atoms with Gasteiger partial charge in [0.15, 0.2) is 11.5 Å². The van der Waals surface area contributed by atoms with E-state index in [9.17, 15) is 4.79 Å². The molecule has 1 aromatic carbocycles. The lowest BCUT2D eigenvalue weighted by Crippen LogP contribution is -2.47. The normalized spacial score (nSPS) is 16.2. The molecule has 0 aliphatic heterocycles. The maximum absolute atomic E-state index is 12.4. The number of ether oxygens (including phenoxy) is 2. The van der Waals surface area contributed by atoms with Crippen LogP contribution in [0.4, 0.5) is 4.79 Å². The Morgan fingerprint density at radius 3 is 2.28 bits per heavy atom. The lowest BCUT2D eigenvalue weighted by atomic mass is 9.69. The Balaban J connectivity index is 2.24. The summed E-state index contributed by atoms with van der Waals surface area (Å²) in [5.41, 5.74) is 1.20. The molecule has 1 saturated carbocycles. The Morgan fingerprint density at radius 2 is 1.72 bits per heavy atom. The highest BCUT2D eigenvalue weighted by Crippen LogP contribution is 2.42. The summed E-state index contributed by atoms with van der Waals surface area (Å²) in [6.07, 6.45) is 5.81. The van der Waals surface area contributed by atoms with Crippen molar-refractivity contribution >= 4 is 6.03 Å². The van der Waals surface area contributed by atoms with E-state index in [2.05, 4.69) is 17.4 Å². The minimum atomic E-state index is -0.0272. The first-order valence-corrected chi connectivity index (χ1v) is 9.35. The fourth-order valence-electron chi connectivity index (χ4n) is 3.83. The number of urea groups is 1. The van der Waals surface area contributed by atoms with Gasteiger partial charge in [0.25, 0.3) is 0 Å². The van der Waals surface area contributed by atoms with E-state index in [1.807, 2.05) is 24.8 Å². The lowest BCUT2D eigenvalue weighted by Gasteiger charge is -2.39. The average molecular weight is 348 g/mol. The molecule has 0 unspecified atom stereocenters. The molecule has 0 aromatic heterocycles. The van der Waals surface area contributed by atoms with E-state index in [0.29, 0.717) is 6.54 Å². The molecule has 2 rings (SSSR count). The Bertz CT molecular complexity index is 564. The van der Waals surface area contributed by atoms with Crippen molar-refractivity contribution in [1.82, 2.24) is 10.2 Å². The molecule has 5 nitrogen and oxygen atoms in total. The molecule has 1 aliphatic rings. The molecule has 0 spiro atoms. The zero-order chi connectivity index (χ0) is 18.3. The minimum absolute atomic E-state index is 0.0235. The molecule has 1 aliphatic carbocycles. The van der Waals surface area contributed by atoms with Crippen LogP contribution in [0.2, 0.25) is 0 Å². The molecule has 1 aromatic rings. The van der Waals surface area contributed by atoms with E-state index in [4.69, 9.17) is 9.47 Å². The Labute approximate surface area is 151 Å². The van der Waals surface area contributed by atoms with Gasteiger partial charge < -0.3 is 19.7 Å². The summed E-state index contributed by atoms with van der Waals surface area (Å²) in [5.74, 6) is 1.49. The van der Waals surface area contributed by atoms with Gasteiger partial charge in [0, 0.05) is 25.0 Å². The fraction of sp³-hybridized carbons (Fsp3) is 0.650. The SMILES string of the molecule is CCN(CC)C(=O)NCC1(c2ccc(OC)c(OC)c2)CCCCC1. The van der Waals surface area contributed by atoms with Crippen molar-refractivity contribution in [3.8, 4) is 11.5 Å². The van der Waals surface area contributed by atoms with Crippen LogP contribution < -0.4 is 14.8 Å². The van der Waals surface area contributed by atoms with Gasteiger partial charge in [0.1, 0.15) is 0 Å². The van der Waals surface area contributed by atoms with E-state index < -0.39 is 0 Å². The van der Waals surface area contributed by atoms with Gasteiger partial charge in [-0.1, -0.05) is 25.3 Å². The highest BCUT2D eigenvalue weighted by molar-refractivity contribution is 5.74. The number of amides is 2. The molecule has 5 heteroatoms. The van der Waals surface area contributed by atoms with Gasteiger partial charge in [-0.05, 0) is 44.4 Å². The molecule has 2 amide bonds. The fourth-order valence-corrected chi connectivity index (χ4v) is 3.83. The number of carbonyl (C=O) groups is 1. The molecule has 1 fully saturated rings. The standard InChI is InChI=1S/C20H32N2O3/c1-5-22(6-2)19(23)21-15-20(12-8-7-9-13-20)16-10-11-17(24-3)18(14-16)25-4/h10-11,14H,5-9,12-13,15H2,1-4H3,(H,21,23). The van der Waals surface area contributed by atoms with E-state index in [1.165, 1.54) is 24.8 Å². The Kier molecular flexibility index (Phi) is 6.97. The first-order valence-electron chi connectivity index (χ1n) is 9.35. The van der Waals surface area contributed by atoms with Crippen LogP contribution in [-0.2, 0) is 5.41 Å². The molecule has 0 heterocycles. The average Bonchev–Trinajstić information content (AvgIpc) is 2.67. The van der Waals surface area contributed by atoms with Crippen LogP contribution in [0, 0.1) is 0 Å². The van der Waals surface area contributed by atoms with Gasteiger partial charge in [0.05, 0.1) is 14.2 Å². The molecular weight excluding hydrogens is 316 g/mol. The summed E-state index contributed by atoms with van der Waals surface area (Å²) in [5, 5.41) is 3.17. The maximum atomic E-state index is 12.4. The smallest absolute Gasteiger partial charge is 0.317 e. The highest BCUT2D eigenvalue weighted by Gasteiger charge is 2.35. The quantitative estimate of drug-likeness (QED) is 0.811. The summed E-state index contributed by atoms with van der Waals surface area (Å²) in [4.78, 5) is 14.2. The van der Waals surface area contributed by atoms with Crippen LogP contribution in [-0.4, -0.2) is 44.8 Å². The number of nitrogens with one attached hydrogen (secondary N) is 1. The first kappa shape index (κ1) is 19.4. The molecule has 0 atom stereocenters. The topological polar surface area (TPSA) is 50.8 Å².